The van der Waals surface area contributed by atoms with Crippen molar-refractivity contribution in [3.8, 4) is 17.6 Å². The van der Waals surface area contributed by atoms with E-state index in [1.165, 1.54) is 18.2 Å². The molecule has 0 radical (unpaired) electrons. The summed E-state index contributed by atoms with van der Waals surface area (Å²) in [6, 6.07) is 14.5. The van der Waals surface area contributed by atoms with Gasteiger partial charge in [-0.3, -0.25) is 4.79 Å². The number of esters is 1. The minimum atomic E-state index is -1.20. The molecule has 0 N–H and O–H groups in total. The minimum absolute atomic E-state index is 0.0634. The van der Waals surface area contributed by atoms with Gasteiger partial charge in [0.25, 0.3) is 0 Å². The zero-order valence-corrected chi connectivity index (χ0v) is 17.2. The number of nitriles is 1. The van der Waals surface area contributed by atoms with Gasteiger partial charge in [0.05, 0.1) is 5.92 Å². The van der Waals surface area contributed by atoms with E-state index in [1.807, 2.05) is 26.0 Å². The Balaban J connectivity index is 1.77. The fourth-order valence-corrected chi connectivity index (χ4v) is 3.58. The maximum Gasteiger partial charge on any atom is 0.311 e. The normalized spacial score (nSPS) is 20.1. The van der Waals surface area contributed by atoms with Crippen molar-refractivity contribution >= 4 is 29.2 Å². The van der Waals surface area contributed by atoms with Crippen molar-refractivity contribution < 1.29 is 18.7 Å². The molecular formula is C22H18Cl2FNO3. The first-order valence-electron chi connectivity index (χ1n) is 8.89. The van der Waals surface area contributed by atoms with E-state index in [-0.39, 0.29) is 21.6 Å². The van der Waals surface area contributed by atoms with Crippen LogP contribution in [0, 0.1) is 34.4 Å². The van der Waals surface area contributed by atoms with E-state index in [0.29, 0.717) is 11.3 Å². The summed E-state index contributed by atoms with van der Waals surface area (Å²) in [4.78, 5) is 12.6. The van der Waals surface area contributed by atoms with Gasteiger partial charge in [-0.05, 0) is 41.7 Å². The highest BCUT2D eigenvalue weighted by atomic mass is 35.5. The van der Waals surface area contributed by atoms with E-state index >= 15 is 0 Å². The monoisotopic (exact) mass is 433 g/mol. The van der Waals surface area contributed by atoms with Crippen molar-refractivity contribution in [1.82, 2.24) is 0 Å². The molecule has 1 aliphatic carbocycles. The molecule has 0 spiro atoms. The number of rotatable bonds is 6. The molecular weight excluding hydrogens is 416 g/mol. The van der Waals surface area contributed by atoms with Gasteiger partial charge in [-0.15, -0.1) is 0 Å². The van der Waals surface area contributed by atoms with Crippen LogP contribution in [0.5, 0.6) is 11.5 Å². The van der Waals surface area contributed by atoms with Gasteiger partial charge in [0, 0.05) is 5.56 Å². The van der Waals surface area contributed by atoms with E-state index in [1.54, 1.807) is 30.3 Å². The number of ether oxygens (including phenoxy) is 2. The van der Waals surface area contributed by atoms with E-state index < -0.39 is 23.8 Å². The summed E-state index contributed by atoms with van der Waals surface area (Å²) in [5, 5.41) is 9.51. The first-order chi connectivity index (χ1) is 13.7. The Morgan fingerprint density at radius 2 is 1.93 bits per heavy atom. The molecule has 0 heterocycles. The van der Waals surface area contributed by atoms with E-state index in [0.717, 1.165) is 0 Å². The first kappa shape index (κ1) is 21.2. The van der Waals surface area contributed by atoms with E-state index in [4.69, 9.17) is 32.7 Å². The van der Waals surface area contributed by atoms with Crippen molar-refractivity contribution in [2.75, 3.05) is 0 Å². The molecule has 2 aromatic rings. The fraction of sp³-hybridized carbons (Fsp3) is 0.273. The quantitative estimate of drug-likeness (QED) is 0.500. The van der Waals surface area contributed by atoms with Crippen LogP contribution in [-0.2, 0) is 9.53 Å². The molecule has 2 aromatic carbocycles. The van der Waals surface area contributed by atoms with Crippen LogP contribution < -0.4 is 4.74 Å². The third kappa shape index (κ3) is 4.72. The summed E-state index contributed by atoms with van der Waals surface area (Å²) in [5.74, 6) is -1.39. The fourth-order valence-electron chi connectivity index (χ4n) is 3.31. The Kier molecular flexibility index (Phi) is 6.16. The van der Waals surface area contributed by atoms with Crippen molar-refractivity contribution in [3.63, 3.8) is 0 Å². The van der Waals surface area contributed by atoms with E-state index in [9.17, 15) is 14.4 Å². The molecule has 150 valence electrons. The second kappa shape index (κ2) is 8.44. The predicted octanol–water partition coefficient (Wildman–Crippen LogP) is 6.32. The maximum absolute atomic E-state index is 14.2. The first-order valence-corrected chi connectivity index (χ1v) is 9.65. The Bertz CT molecular complexity index is 981. The van der Waals surface area contributed by atoms with Crippen molar-refractivity contribution in [2.45, 2.75) is 20.0 Å². The van der Waals surface area contributed by atoms with Gasteiger partial charge >= 0.3 is 5.97 Å². The highest BCUT2D eigenvalue weighted by Gasteiger charge is 2.62. The molecule has 1 aliphatic rings. The highest BCUT2D eigenvalue weighted by molar-refractivity contribution is 6.55. The number of carbonyl (C=O) groups excluding carboxylic acids is 1. The topological polar surface area (TPSA) is 59.3 Å². The second-order valence-electron chi connectivity index (χ2n) is 7.33. The number of allylic oxidation sites excluding steroid dienone is 1. The SMILES string of the molecule is CC1(C)[C@@H](C=C(Cl)Cl)[C@@H]1C(=O)OC(C#N)c1ccc(F)c(Oc2ccccc2)c1. The molecule has 1 unspecified atom stereocenters. The van der Waals surface area contributed by atoms with Crippen LogP contribution in [0.25, 0.3) is 0 Å². The van der Waals surface area contributed by atoms with Crippen molar-refractivity contribution in [2.24, 2.45) is 17.3 Å². The van der Waals surface area contributed by atoms with Crippen molar-refractivity contribution in [3.05, 3.63) is 70.5 Å². The lowest BCUT2D eigenvalue weighted by molar-refractivity contribution is -0.149. The van der Waals surface area contributed by atoms with Gasteiger partial charge < -0.3 is 9.47 Å². The number of nitrogens with zero attached hydrogens (tertiary/aromatic N) is 1. The third-order valence-corrected chi connectivity index (χ3v) is 5.30. The molecule has 29 heavy (non-hydrogen) atoms. The standard InChI is InChI=1S/C22H18Cl2FNO3/c1-22(2)15(11-19(23)24)20(22)21(27)29-18(12-26)13-8-9-16(25)17(10-13)28-14-6-4-3-5-7-14/h3-11,15,18,20H,1-2H3/t15-,18?,20+/m0/s1. The lowest BCUT2D eigenvalue weighted by Crippen LogP contribution is -2.14. The Morgan fingerprint density at radius 3 is 2.55 bits per heavy atom. The molecule has 0 amide bonds. The van der Waals surface area contributed by atoms with Crippen LogP contribution in [-0.4, -0.2) is 5.97 Å². The lowest BCUT2D eigenvalue weighted by Gasteiger charge is -2.14. The van der Waals surface area contributed by atoms with Crippen LogP contribution in [0.2, 0.25) is 0 Å². The van der Waals surface area contributed by atoms with Gasteiger partial charge in [0.1, 0.15) is 16.3 Å². The molecule has 0 aromatic heterocycles. The maximum atomic E-state index is 14.2. The van der Waals surface area contributed by atoms with Crippen LogP contribution in [0.1, 0.15) is 25.5 Å². The van der Waals surface area contributed by atoms with Crippen LogP contribution in [0.4, 0.5) is 4.39 Å². The number of halogens is 3. The summed E-state index contributed by atoms with van der Waals surface area (Å²) >= 11 is 11.4. The molecule has 3 rings (SSSR count). The average Bonchev–Trinajstić information content (AvgIpc) is 3.21. The summed E-state index contributed by atoms with van der Waals surface area (Å²) in [5.41, 5.74) is -0.0645. The molecule has 0 saturated heterocycles. The zero-order chi connectivity index (χ0) is 21.2. The van der Waals surface area contributed by atoms with Crippen LogP contribution >= 0.6 is 23.2 Å². The molecule has 3 atom stereocenters. The number of para-hydroxylation sites is 1. The Labute approximate surface area is 178 Å². The summed E-state index contributed by atoms with van der Waals surface area (Å²) < 4.78 is 25.2. The Morgan fingerprint density at radius 1 is 1.24 bits per heavy atom. The molecule has 1 saturated carbocycles. The largest absolute Gasteiger partial charge is 0.454 e. The van der Waals surface area contributed by atoms with Gasteiger partial charge in [0.15, 0.2) is 11.6 Å². The number of hydrogen-bond donors (Lipinski definition) is 0. The smallest absolute Gasteiger partial charge is 0.311 e. The van der Waals surface area contributed by atoms with Gasteiger partial charge in [-0.2, -0.15) is 5.26 Å². The number of hydrogen-bond acceptors (Lipinski definition) is 4. The van der Waals surface area contributed by atoms with Crippen LogP contribution in [0.15, 0.2) is 59.1 Å². The molecule has 0 aliphatic heterocycles. The van der Waals surface area contributed by atoms with Gasteiger partial charge in [-0.25, -0.2) is 4.39 Å². The second-order valence-corrected chi connectivity index (χ2v) is 8.34. The number of benzene rings is 2. The zero-order valence-electron chi connectivity index (χ0n) is 15.7. The molecule has 1 fully saturated rings. The molecule has 4 nitrogen and oxygen atoms in total. The Hall–Kier alpha value is -2.55. The summed E-state index contributed by atoms with van der Waals surface area (Å²) in [6.07, 6.45) is 0.397. The third-order valence-electron chi connectivity index (χ3n) is 5.05. The number of carbonyl (C=O) groups is 1. The molecule has 0 bridgehead atoms. The molecule has 7 heteroatoms. The van der Waals surface area contributed by atoms with Gasteiger partial charge in [0.2, 0.25) is 6.10 Å². The van der Waals surface area contributed by atoms with Gasteiger partial charge in [-0.1, -0.05) is 61.3 Å². The lowest BCUT2D eigenvalue weighted by atomic mass is 10.1. The highest BCUT2D eigenvalue weighted by Crippen LogP contribution is 2.60. The van der Waals surface area contributed by atoms with E-state index in [2.05, 4.69) is 0 Å². The van der Waals surface area contributed by atoms with Crippen molar-refractivity contribution in [1.29, 1.82) is 5.26 Å². The van der Waals surface area contributed by atoms with Crippen LogP contribution in [0.3, 0.4) is 0 Å². The summed E-state index contributed by atoms with van der Waals surface area (Å²) in [7, 11) is 0. The summed E-state index contributed by atoms with van der Waals surface area (Å²) in [6.45, 7) is 3.78. The average molecular weight is 434 g/mol. The predicted molar refractivity (Wildman–Crippen MR) is 108 cm³/mol. The minimum Gasteiger partial charge on any atom is -0.454 e.